The molecule has 0 unspecified atom stereocenters. The van der Waals surface area contributed by atoms with Gasteiger partial charge in [0.1, 0.15) is 17.5 Å². The van der Waals surface area contributed by atoms with Crippen molar-refractivity contribution in [2.24, 2.45) is 5.73 Å². The molecule has 0 saturated carbocycles. The van der Waals surface area contributed by atoms with Crippen LogP contribution >= 0.6 is 0 Å². The number of nitrogens with two attached hydrogens (primary N) is 2. The van der Waals surface area contributed by atoms with E-state index in [2.05, 4.69) is 33.4 Å². The van der Waals surface area contributed by atoms with Crippen LogP contribution in [0.5, 0.6) is 0 Å². The lowest BCUT2D eigenvalue weighted by Crippen LogP contribution is -2.11. The van der Waals surface area contributed by atoms with Gasteiger partial charge in [-0.05, 0) is 42.5 Å². The summed E-state index contributed by atoms with van der Waals surface area (Å²) in [5.41, 5.74) is 19.1. The van der Waals surface area contributed by atoms with E-state index in [1.165, 1.54) is 5.56 Å². The van der Waals surface area contributed by atoms with Gasteiger partial charge in [0.15, 0.2) is 0 Å². The van der Waals surface area contributed by atoms with Crippen LogP contribution in [-0.2, 0) is 19.3 Å². The van der Waals surface area contributed by atoms with Gasteiger partial charge in [0.25, 0.3) is 0 Å². The smallest absolute Gasteiger partial charge is 0.142 e. The predicted molar refractivity (Wildman–Crippen MR) is 96.5 cm³/mol. The Morgan fingerprint density at radius 3 is 2.72 bits per heavy atom. The number of aromatic nitrogens is 3. The van der Waals surface area contributed by atoms with Gasteiger partial charge in [-0.15, -0.1) is 0 Å². The van der Waals surface area contributed by atoms with E-state index < -0.39 is 0 Å². The van der Waals surface area contributed by atoms with Crippen molar-refractivity contribution in [3.8, 4) is 28.5 Å². The number of nitrogen functional groups attached to an aromatic ring is 1. The van der Waals surface area contributed by atoms with Gasteiger partial charge in [-0.2, -0.15) is 10.4 Å². The SMILES string of the molecule is N#Cc1c(N)nc2c(c1-c1ccc(CCN)cc1)CCc1[nH]ncc1-2. The van der Waals surface area contributed by atoms with Gasteiger partial charge in [-0.3, -0.25) is 5.10 Å². The van der Waals surface area contributed by atoms with E-state index in [9.17, 15) is 5.26 Å². The fourth-order valence-corrected chi connectivity index (χ4v) is 3.50. The minimum absolute atomic E-state index is 0.260. The normalized spacial score (nSPS) is 12.3. The molecule has 1 aliphatic rings. The molecule has 0 saturated heterocycles. The third kappa shape index (κ3) is 2.46. The van der Waals surface area contributed by atoms with E-state index in [-0.39, 0.29) is 5.82 Å². The van der Waals surface area contributed by atoms with Crippen LogP contribution < -0.4 is 11.5 Å². The van der Waals surface area contributed by atoms with Crippen molar-refractivity contribution in [3.63, 3.8) is 0 Å². The Bertz CT molecular complexity index is 978. The summed E-state index contributed by atoms with van der Waals surface area (Å²) in [4.78, 5) is 4.51. The number of rotatable bonds is 3. The number of H-pyrrole nitrogens is 1. The summed E-state index contributed by atoms with van der Waals surface area (Å²) in [6.45, 7) is 0.615. The number of nitrogens with zero attached hydrogens (tertiary/aromatic N) is 3. The molecule has 3 aromatic rings. The monoisotopic (exact) mass is 330 g/mol. The maximum Gasteiger partial charge on any atom is 0.142 e. The average Bonchev–Trinajstić information content (AvgIpc) is 3.11. The molecule has 0 atom stereocenters. The van der Waals surface area contributed by atoms with Crippen LogP contribution in [0.4, 0.5) is 5.82 Å². The molecule has 6 heteroatoms. The molecule has 0 aliphatic heterocycles. The molecule has 4 rings (SSSR count). The summed E-state index contributed by atoms with van der Waals surface area (Å²) in [6, 6.07) is 10.4. The highest BCUT2D eigenvalue weighted by Gasteiger charge is 2.26. The lowest BCUT2D eigenvalue weighted by atomic mass is 9.85. The summed E-state index contributed by atoms with van der Waals surface area (Å²) in [6.07, 6.45) is 4.25. The number of anilines is 1. The number of benzene rings is 1. The minimum Gasteiger partial charge on any atom is -0.383 e. The first-order chi connectivity index (χ1) is 12.2. The van der Waals surface area contributed by atoms with E-state index in [1.807, 2.05) is 12.1 Å². The second-order valence-corrected chi connectivity index (χ2v) is 6.18. The Balaban J connectivity index is 1.94. The van der Waals surface area contributed by atoms with Crippen LogP contribution in [0.15, 0.2) is 30.5 Å². The van der Waals surface area contributed by atoms with Crippen LogP contribution in [0, 0.1) is 11.3 Å². The van der Waals surface area contributed by atoms with Gasteiger partial charge < -0.3 is 11.5 Å². The highest BCUT2D eigenvalue weighted by molar-refractivity contribution is 5.85. The standard InChI is InChI=1S/C19H18N6/c20-8-7-11-1-3-12(4-2-11)17-13-5-6-16-15(10-23-25-16)18(13)24-19(22)14(17)9-21/h1-4,10H,5-8,20H2,(H2,22,24)(H,23,25). The molecular weight excluding hydrogens is 312 g/mol. The Hall–Kier alpha value is -3.17. The summed E-state index contributed by atoms with van der Waals surface area (Å²) in [5.74, 6) is 0.260. The molecule has 2 heterocycles. The molecule has 0 bridgehead atoms. The molecular formula is C19H18N6. The molecule has 1 aromatic carbocycles. The fourth-order valence-electron chi connectivity index (χ4n) is 3.50. The van der Waals surface area contributed by atoms with E-state index >= 15 is 0 Å². The maximum absolute atomic E-state index is 9.65. The number of hydrogen-bond donors (Lipinski definition) is 3. The Morgan fingerprint density at radius 2 is 2.00 bits per heavy atom. The Morgan fingerprint density at radius 1 is 1.20 bits per heavy atom. The number of pyridine rings is 1. The van der Waals surface area contributed by atoms with Gasteiger partial charge in [0.2, 0.25) is 0 Å². The number of aryl methyl sites for hydroxylation is 1. The largest absolute Gasteiger partial charge is 0.383 e. The van der Waals surface area contributed by atoms with E-state index in [0.29, 0.717) is 12.1 Å². The van der Waals surface area contributed by atoms with Crippen molar-refractivity contribution in [2.45, 2.75) is 19.3 Å². The summed E-state index contributed by atoms with van der Waals surface area (Å²) >= 11 is 0. The zero-order valence-corrected chi connectivity index (χ0v) is 13.7. The van der Waals surface area contributed by atoms with Crippen LogP contribution in [0.3, 0.4) is 0 Å². The predicted octanol–water partition coefficient (Wildman–Crippen LogP) is 2.19. The van der Waals surface area contributed by atoms with Crippen LogP contribution in [0.1, 0.15) is 22.4 Å². The highest BCUT2D eigenvalue weighted by atomic mass is 15.1. The topological polar surface area (TPSA) is 117 Å². The van der Waals surface area contributed by atoms with Crippen LogP contribution in [0.25, 0.3) is 22.4 Å². The lowest BCUT2D eigenvalue weighted by Gasteiger charge is -2.21. The molecule has 25 heavy (non-hydrogen) atoms. The second-order valence-electron chi connectivity index (χ2n) is 6.18. The number of hydrogen-bond acceptors (Lipinski definition) is 5. The van der Waals surface area contributed by atoms with E-state index in [4.69, 9.17) is 11.5 Å². The Labute approximate surface area is 145 Å². The highest BCUT2D eigenvalue weighted by Crippen LogP contribution is 2.40. The van der Waals surface area contributed by atoms with Crippen molar-refractivity contribution in [1.82, 2.24) is 15.2 Å². The lowest BCUT2D eigenvalue weighted by molar-refractivity contribution is 0.876. The summed E-state index contributed by atoms with van der Waals surface area (Å²) < 4.78 is 0. The first-order valence-corrected chi connectivity index (χ1v) is 8.27. The number of nitrogens with one attached hydrogen (secondary N) is 1. The van der Waals surface area contributed by atoms with Gasteiger partial charge in [0, 0.05) is 16.8 Å². The number of nitriles is 1. The first-order valence-electron chi connectivity index (χ1n) is 8.27. The molecule has 0 spiro atoms. The van der Waals surface area contributed by atoms with Crippen molar-refractivity contribution in [1.29, 1.82) is 5.26 Å². The Kier molecular flexibility index (Phi) is 3.71. The van der Waals surface area contributed by atoms with E-state index in [1.54, 1.807) is 6.20 Å². The van der Waals surface area contributed by atoms with Crippen LogP contribution in [-0.4, -0.2) is 21.7 Å². The van der Waals surface area contributed by atoms with E-state index in [0.717, 1.165) is 52.9 Å². The van der Waals surface area contributed by atoms with Crippen molar-refractivity contribution in [3.05, 3.63) is 52.8 Å². The van der Waals surface area contributed by atoms with Crippen molar-refractivity contribution in [2.75, 3.05) is 12.3 Å². The van der Waals surface area contributed by atoms with Gasteiger partial charge >= 0.3 is 0 Å². The minimum atomic E-state index is 0.260. The first kappa shape index (κ1) is 15.4. The fraction of sp³-hybridized carbons (Fsp3) is 0.211. The van der Waals surface area contributed by atoms with Gasteiger partial charge in [-0.25, -0.2) is 4.98 Å². The number of aromatic amines is 1. The van der Waals surface area contributed by atoms with Crippen molar-refractivity contribution < 1.29 is 0 Å². The summed E-state index contributed by atoms with van der Waals surface area (Å²) in [5, 5.41) is 16.8. The molecule has 0 amide bonds. The van der Waals surface area contributed by atoms with Gasteiger partial charge in [0.05, 0.1) is 11.9 Å². The third-order valence-corrected chi connectivity index (χ3v) is 4.71. The summed E-state index contributed by atoms with van der Waals surface area (Å²) in [7, 11) is 0. The zero-order valence-electron chi connectivity index (χ0n) is 13.7. The molecule has 6 nitrogen and oxygen atoms in total. The average molecular weight is 330 g/mol. The maximum atomic E-state index is 9.65. The second kappa shape index (κ2) is 6.04. The molecule has 124 valence electrons. The third-order valence-electron chi connectivity index (χ3n) is 4.71. The zero-order chi connectivity index (χ0) is 17.4. The van der Waals surface area contributed by atoms with Gasteiger partial charge in [-0.1, -0.05) is 24.3 Å². The molecule has 2 aromatic heterocycles. The quantitative estimate of drug-likeness (QED) is 0.680. The number of fused-ring (bicyclic) bond motifs is 3. The molecule has 0 radical (unpaired) electrons. The van der Waals surface area contributed by atoms with Crippen molar-refractivity contribution >= 4 is 5.82 Å². The molecule has 5 N–H and O–H groups in total. The molecule has 0 fully saturated rings. The molecule has 1 aliphatic carbocycles. The van der Waals surface area contributed by atoms with Crippen LogP contribution in [0.2, 0.25) is 0 Å².